The van der Waals surface area contributed by atoms with Crippen LogP contribution in [0.25, 0.3) is 0 Å². The zero-order valence-electron chi connectivity index (χ0n) is 17.0. The Balaban J connectivity index is 1.63. The largest absolute Gasteiger partial charge is 0.491 e. The number of hydrogen-bond acceptors (Lipinski definition) is 5. The lowest BCUT2D eigenvalue weighted by Gasteiger charge is -2.26. The van der Waals surface area contributed by atoms with Gasteiger partial charge in [-0.1, -0.05) is 29.3 Å². The van der Waals surface area contributed by atoms with Gasteiger partial charge in [0, 0.05) is 13.1 Å². The van der Waals surface area contributed by atoms with Crippen molar-refractivity contribution < 1.29 is 22.7 Å². The van der Waals surface area contributed by atoms with E-state index >= 15 is 0 Å². The highest BCUT2D eigenvalue weighted by Gasteiger charge is 2.27. The molecule has 1 N–H and O–H groups in total. The van der Waals surface area contributed by atoms with E-state index in [-0.39, 0.29) is 41.7 Å². The van der Waals surface area contributed by atoms with Gasteiger partial charge in [0.25, 0.3) is 5.91 Å². The second-order valence-corrected chi connectivity index (χ2v) is 9.38. The molecule has 1 heterocycles. The number of rotatable bonds is 7. The van der Waals surface area contributed by atoms with Gasteiger partial charge in [-0.05, 0) is 43.7 Å². The summed E-state index contributed by atoms with van der Waals surface area (Å²) in [7, 11) is -3.71. The van der Waals surface area contributed by atoms with Crippen LogP contribution in [-0.2, 0) is 14.8 Å². The molecular formula is C21H25ClN2O5S. The molecule has 9 heteroatoms. The number of morpholine rings is 1. The van der Waals surface area contributed by atoms with Gasteiger partial charge < -0.3 is 14.8 Å². The van der Waals surface area contributed by atoms with Crippen molar-refractivity contribution in [1.82, 2.24) is 9.62 Å². The Hall–Kier alpha value is -2.13. The van der Waals surface area contributed by atoms with E-state index in [1.165, 1.54) is 22.5 Å². The fraction of sp³-hybridized carbons (Fsp3) is 0.381. The Morgan fingerprint density at radius 3 is 2.60 bits per heavy atom. The van der Waals surface area contributed by atoms with Gasteiger partial charge in [0.1, 0.15) is 12.4 Å². The Labute approximate surface area is 182 Å². The summed E-state index contributed by atoms with van der Waals surface area (Å²) in [6, 6.07) is 10.0. The van der Waals surface area contributed by atoms with E-state index in [1.54, 1.807) is 0 Å². The molecule has 1 fully saturated rings. The molecule has 2 aromatic carbocycles. The number of sulfonamides is 1. The zero-order valence-corrected chi connectivity index (χ0v) is 18.6. The third-order valence-corrected chi connectivity index (χ3v) is 6.99. The first kappa shape index (κ1) is 22.6. The smallest absolute Gasteiger partial charge is 0.252 e. The monoisotopic (exact) mass is 452 g/mol. The minimum atomic E-state index is -3.71. The molecule has 0 bridgehead atoms. The normalized spacial score (nSPS) is 15.0. The van der Waals surface area contributed by atoms with Crippen LogP contribution in [0.4, 0.5) is 0 Å². The van der Waals surface area contributed by atoms with E-state index in [0.29, 0.717) is 13.2 Å². The molecule has 0 aromatic heterocycles. The number of hydrogen-bond donors (Lipinski definition) is 1. The maximum atomic E-state index is 12.8. The van der Waals surface area contributed by atoms with Crippen LogP contribution in [0.15, 0.2) is 41.3 Å². The summed E-state index contributed by atoms with van der Waals surface area (Å²) in [6.45, 7) is 5.75. The van der Waals surface area contributed by atoms with Gasteiger partial charge >= 0.3 is 0 Å². The van der Waals surface area contributed by atoms with Gasteiger partial charge in [-0.3, -0.25) is 4.79 Å². The topological polar surface area (TPSA) is 84.9 Å². The molecule has 0 radical (unpaired) electrons. The Bertz CT molecular complexity index is 1020. The number of carbonyl (C=O) groups is 1. The molecule has 1 amide bonds. The third kappa shape index (κ3) is 5.31. The second kappa shape index (κ2) is 9.78. The number of nitrogens with one attached hydrogen (secondary N) is 1. The number of aryl methyl sites for hydroxylation is 2. The molecule has 162 valence electrons. The molecule has 0 spiro atoms. The Morgan fingerprint density at radius 2 is 1.90 bits per heavy atom. The average molecular weight is 453 g/mol. The third-order valence-electron chi connectivity index (χ3n) is 4.77. The summed E-state index contributed by atoms with van der Waals surface area (Å²) in [5.74, 6) is 0.301. The fourth-order valence-electron chi connectivity index (χ4n) is 3.16. The van der Waals surface area contributed by atoms with Crippen molar-refractivity contribution in [3.05, 3.63) is 58.1 Å². The van der Waals surface area contributed by atoms with Crippen LogP contribution in [-0.4, -0.2) is 58.1 Å². The standard InChI is InChI=1S/C21H25ClN2O5S/c1-15-3-6-20(16(2)13-15)29-10-7-23-21(25)18-14-17(4-5-19(18)22)30(26,27)24-8-11-28-12-9-24/h3-6,13-14H,7-12H2,1-2H3,(H,23,25). The van der Waals surface area contributed by atoms with E-state index < -0.39 is 15.9 Å². The van der Waals surface area contributed by atoms with Crippen LogP contribution in [0.1, 0.15) is 21.5 Å². The van der Waals surface area contributed by atoms with Crippen LogP contribution in [0.3, 0.4) is 0 Å². The minimum Gasteiger partial charge on any atom is -0.491 e. The highest BCUT2D eigenvalue weighted by molar-refractivity contribution is 7.89. The molecular weight excluding hydrogens is 428 g/mol. The van der Waals surface area contributed by atoms with Crippen LogP contribution >= 0.6 is 11.6 Å². The number of ether oxygens (including phenoxy) is 2. The average Bonchev–Trinajstić information content (AvgIpc) is 2.73. The van der Waals surface area contributed by atoms with E-state index in [4.69, 9.17) is 21.1 Å². The molecule has 1 aliphatic rings. The summed E-state index contributed by atoms with van der Waals surface area (Å²) in [5, 5.41) is 2.91. The van der Waals surface area contributed by atoms with Gasteiger partial charge in [0.15, 0.2) is 0 Å². The maximum absolute atomic E-state index is 12.8. The highest BCUT2D eigenvalue weighted by atomic mass is 35.5. The summed E-state index contributed by atoms with van der Waals surface area (Å²) < 4.78 is 37.9. The molecule has 2 aromatic rings. The lowest BCUT2D eigenvalue weighted by Crippen LogP contribution is -2.40. The van der Waals surface area contributed by atoms with Gasteiger partial charge in [0.05, 0.1) is 35.2 Å². The number of benzene rings is 2. The first-order valence-corrected chi connectivity index (χ1v) is 11.5. The van der Waals surface area contributed by atoms with Crippen LogP contribution in [0.2, 0.25) is 5.02 Å². The van der Waals surface area contributed by atoms with Gasteiger partial charge in [-0.25, -0.2) is 8.42 Å². The summed E-state index contributed by atoms with van der Waals surface area (Å²) >= 11 is 6.15. The van der Waals surface area contributed by atoms with Crippen LogP contribution < -0.4 is 10.1 Å². The number of halogens is 1. The Kier molecular flexibility index (Phi) is 7.36. The van der Waals surface area contributed by atoms with E-state index in [1.807, 2.05) is 32.0 Å². The molecule has 0 aliphatic carbocycles. The van der Waals surface area contributed by atoms with Crippen LogP contribution in [0.5, 0.6) is 5.75 Å². The van der Waals surface area contributed by atoms with Crippen molar-refractivity contribution in [2.24, 2.45) is 0 Å². The van der Waals surface area contributed by atoms with Gasteiger partial charge in [-0.15, -0.1) is 0 Å². The van der Waals surface area contributed by atoms with E-state index in [9.17, 15) is 13.2 Å². The molecule has 30 heavy (non-hydrogen) atoms. The van der Waals surface area contributed by atoms with Crippen molar-refractivity contribution >= 4 is 27.5 Å². The number of carbonyl (C=O) groups excluding carboxylic acids is 1. The van der Waals surface area contributed by atoms with Crippen molar-refractivity contribution in [3.63, 3.8) is 0 Å². The molecule has 0 saturated carbocycles. The van der Waals surface area contributed by atoms with E-state index in [0.717, 1.165) is 16.9 Å². The molecule has 3 rings (SSSR count). The zero-order chi connectivity index (χ0) is 21.7. The van der Waals surface area contributed by atoms with Crippen molar-refractivity contribution in [3.8, 4) is 5.75 Å². The molecule has 1 saturated heterocycles. The van der Waals surface area contributed by atoms with Crippen molar-refractivity contribution in [1.29, 1.82) is 0 Å². The van der Waals surface area contributed by atoms with Crippen LogP contribution in [0, 0.1) is 13.8 Å². The first-order chi connectivity index (χ1) is 14.3. The minimum absolute atomic E-state index is 0.0329. The van der Waals surface area contributed by atoms with E-state index in [2.05, 4.69) is 5.32 Å². The summed E-state index contributed by atoms with van der Waals surface area (Å²) in [5.41, 5.74) is 2.28. The number of amides is 1. The molecule has 0 unspecified atom stereocenters. The SMILES string of the molecule is Cc1ccc(OCCNC(=O)c2cc(S(=O)(=O)N3CCOCC3)ccc2Cl)c(C)c1. The predicted octanol–water partition coefficient (Wildman–Crippen LogP) is 2.79. The lowest BCUT2D eigenvalue weighted by atomic mass is 10.1. The predicted molar refractivity (Wildman–Crippen MR) is 115 cm³/mol. The molecule has 7 nitrogen and oxygen atoms in total. The quantitative estimate of drug-likeness (QED) is 0.653. The summed E-state index contributed by atoms with van der Waals surface area (Å²) in [6.07, 6.45) is 0. The summed E-state index contributed by atoms with van der Waals surface area (Å²) in [4.78, 5) is 12.6. The maximum Gasteiger partial charge on any atom is 0.252 e. The lowest BCUT2D eigenvalue weighted by molar-refractivity contribution is 0.0730. The fourth-order valence-corrected chi connectivity index (χ4v) is 4.80. The van der Waals surface area contributed by atoms with Gasteiger partial charge in [-0.2, -0.15) is 4.31 Å². The first-order valence-electron chi connectivity index (χ1n) is 9.65. The Morgan fingerprint density at radius 1 is 1.17 bits per heavy atom. The number of nitrogens with zero attached hydrogens (tertiary/aromatic N) is 1. The van der Waals surface area contributed by atoms with Gasteiger partial charge in [0.2, 0.25) is 10.0 Å². The highest BCUT2D eigenvalue weighted by Crippen LogP contribution is 2.24. The molecule has 1 aliphatic heterocycles. The molecule has 0 atom stereocenters. The van der Waals surface area contributed by atoms with Crippen molar-refractivity contribution in [2.45, 2.75) is 18.7 Å². The van der Waals surface area contributed by atoms with Crippen molar-refractivity contribution in [2.75, 3.05) is 39.5 Å². The second-order valence-electron chi connectivity index (χ2n) is 7.03.